The molecule has 44 heavy (non-hydrogen) atoms. The zero-order valence-corrected chi connectivity index (χ0v) is 25.8. The summed E-state index contributed by atoms with van der Waals surface area (Å²) in [6.07, 6.45) is 1.98. The molecule has 0 N–H and O–H groups in total. The van der Waals surface area contributed by atoms with Crippen LogP contribution in [0.3, 0.4) is 0 Å². The minimum Gasteiger partial charge on any atom is -0.309 e. The summed E-state index contributed by atoms with van der Waals surface area (Å²) in [4.78, 5) is 7.40. The van der Waals surface area contributed by atoms with E-state index in [-0.39, 0.29) is 0 Å². The first kappa shape index (κ1) is 24.6. The first-order valence-electron chi connectivity index (χ1n) is 14.6. The molecule has 4 aromatic heterocycles. The van der Waals surface area contributed by atoms with Crippen molar-refractivity contribution in [1.82, 2.24) is 4.98 Å². The van der Waals surface area contributed by atoms with Gasteiger partial charge in [-0.1, -0.05) is 72.8 Å². The van der Waals surface area contributed by atoms with Crippen LogP contribution in [0.15, 0.2) is 134 Å². The van der Waals surface area contributed by atoms with Crippen molar-refractivity contribution in [1.29, 1.82) is 0 Å². The van der Waals surface area contributed by atoms with Gasteiger partial charge in [-0.3, -0.25) is 4.98 Å². The molecule has 0 aliphatic rings. The Hall–Kier alpha value is -4.81. The smallest absolute Gasteiger partial charge is 0.0909 e. The largest absolute Gasteiger partial charge is 0.309 e. The van der Waals surface area contributed by atoms with Crippen LogP contribution in [0.2, 0.25) is 0 Å². The van der Waals surface area contributed by atoms with Crippen LogP contribution in [0, 0.1) is 0 Å². The van der Waals surface area contributed by atoms with Gasteiger partial charge in [0, 0.05) is 68.0 Å². The second kappa shape index (κ2) is 9.34. The molecule has 0 saturated heterocycles. The minimum absolute atomic E-state index is 1.06. The van der Waals surface area contributed by atoms with E-state index < -0.39 is 0 Å². The molecular weight excluding hydrogens is 593 g/mol. The van der Waals surface area contributed by atoms with Gasteiger partial charge in [-0.15, -0.1) is 34.0 Å². The van der Waals surface area contributed by atoms with Crippen molar-refractivity contribution in [2.75, 3.05) is 4.90 Å². The second-order valence-electron chi connectivity index (χ2n) is 11.2. The van der Waals surface area contributed by atoms with Crippen molar-refractivity contribution < 1.29 is 0 Å². The highest BCUT2D eigenvalue weighted by molar-refractivity contribution is 7.27. The lowest BCUT2D eigenvalue weighted by atomic mass is 10.1. The Morgan fingerprint density at radius 1 is 0.432 bits per heavy atom. The third kappa shape index (κ3) is 3.55. The van der Waals surface area contributed by atoms with E-state index in [1.807, 2.05) is 40.2 Å². The zero-order valence-electron chi connectivity index (χ0n) is 23.3. The summed E-state index contributed by atoms with van der Waals surface area (Å²) in [7, 11) is 0. The lowest BCUT2D eigenvalue weighted by Crippen LogP contribution is -2.10. The van der Waals surface area contributed by atoms with Crippen LogP contribution in [-0.4, -0.2) is 4.98 Å². The van der Waals surface area contributed by atoms with Gasteiger partial charge in [-0.2, -0.15) is 0 Å². The van der Waals surface area contributed by atoms with E-state index in [1.54, 1.807) is 0 Å². The Morgan fingerprint density at radius 2 is 1.02 bits per heavy atom. The second-order valence-corrected chi connectivity index (χ2v) is 14.4. The van der Waals surface area contributed by atoms with Crippen LogP contribution < -0.4 is 4.90 Å². The molecule has 10 rings (SSSR count). The molecule has 0 spiro atoms. The highest BCUT2D eigenvalue weighted by Crippen LogP contribution is 2.48. The van der Waals surface area contributed by atoms with E-state index in [1.165, 1.54) is 65.9 Å². The fourth-order valence-electron chi connectivity index (χ4n) is 6.68. The maximum absolute atomic E-state index is 4.96. The number of hydrogen-bond acceptors (Lipinski definition) is 5. The first-order valence-corrected chi connectivity index (χ1v) is 17.1. The van der Waals surface area contributed by atoms with E-state index in [9.17, 15) is 0 Å². The van der Waals surface area contributed by atoms with Gasteiger partial charge in [-0.05, 0) is 65.4 Å². The molecule has 0 atom stereocenters. The van der Waals surface area contributed by atoms with Crippen molar-refractivity contribution in [2.24, 2.45) is 0 Å². The van der Waals surface area contributed by atoms with Gasteiger partial charge in [0.05, 0.1) is 15.9 Å². The number of rotatable bonds is 3. The predicted octanol–water partition coefficient (Wildman–Crippen LogP) is 12.8. The zero-order chi connectivity index (χ0) is 28.8. The number of pyridine rings is 1. The average Bonchev–Trinajstić information content (AvgIpc) is 3.76. The fraction of sp³-hybridized carbons (Fsp3) is 0. The Bertz CT molecular complexity index is 2630. The topological polar surface area (TPSA) is 16.1 Å². The summed E-state index contributed by atoms with van der Waals surface area (Å²) in [6.45, 7) is 0. The van der Waals surface area contributed by atoms with Gasteiger partial charge in [0.1, 0.15) is 0 Å². The molecule has 0 fully saturated rings. The van der Waals surface area contributed by atoms with Crippen LogP contribution in [0.25, 0.3) is 71.4 Å². The predicted molar refractivity (Wildman–Crippen MR) is 195 cm³/mol. The molecule has 0 aliphatic heterocycles. The third-order valence-electron chi connectivity index (χ3n) is 8.70. The number of aromatic nitrogens is 1. The summed E-state index contributed by atoms with van der Waals surface area (Å²) >= 11 is 5.57. The van der Waals surface area contributed by atoms with Crippen molar-refractivity contribution in [3.63, 3.8) is 0 Å². The van der Waals surface area contributed by atoms with Crippen LogP contribution in [0.1, 0.15) is 0 Å². The Kier molecular flexibility index (Phi) is 5.23. The summed E-state index contributed by atoms with van der Waals surface area (Å²) < 4.78 is 7.74. The fourth-order valence-corrected chi connectivity index (χ4v) is 10.2. The van der Waals surface area contributed by atoms with E-state index in [2.05, 4.69) is 132 Å². The Labute approximate surface area is 264 Å². The molecule has 0 saturated carbocycles. The van der Waals surface area contributed by atoms with E-state index in [4.69, 9.17) is 4.98 Å². The molecule has 206 valence electrons. The number of hydrogen-bond donors (Lipinski definition) is 0. The summed E-state index contributed by atoms with van der Waals surface area (Å²) in [5.74, 6) is 0. The van der Waals surface area contributed by atoms with Gasteiger partial charge in [0.2, 0.25) is 0 Å². The molecule has 10 aromatic rings. The van der Waals surface area contributed by atoms with Crippen LogP contribution in [-0.2, 0) is 0 Å². The van der Waals surface area contributed by atoms with Crippen LogP contribution in [0.5, 0.6) is 0 Å². The number of thiophene rings is 3. The van der Waals surface area contributed by atoms with Crippen molar-refractivity contribution in [2.45, 2.75) is 0 Å². The normalized spacial score (nSPS) is 12.1. The molecule has 4 heterocycles. The van der Waals surface area contributed by atoms with Gasteiger partial charge in [0.15, 0.2) is 0 Å². The monoisotopic (exact) mass is 614 g/mol. The molecule has 0 unspecified atom stereocenters. The quantitative estimate of drug-likeness (QED) is 0.197. The summed E-state index contributed by atoms with van der Waals surface area (Å²) in [6, 6.07) is 46.7. The third-order valence-corrected chi connectivity index (χ3v) is 12.3. The van der Waals surface area contributed by atoms with E-state index in [0.29, 0.717) is 0 Å². The van der Waals surface area contributed by atoms with E-state index in [0.717, 1.165) is 22.6 Å². The molecule has 6 aromatic carbocycles. The number of fused-ring (bicyclic) bond motifs is 11. The number of benzene rings is 6. The summed E-state index contributed by atoms with van der Waals surface area (Å²) in [5, 5.41) is 8.95. The molecule has 0 amide bonds. The van der Waals surface area contributed by atoms with Crippen molar-refractivity contribution in [3.8, 4) is 0 Å². The van der Waals surface area contributed by atoms with Gasteiger partial charge >= 0.3 is 0 Å². The first-order chi connectivity index (χ1) is 21.8. The molecule has 0 aliphatic carbocycles. The molecule has 0 radical (unpaired) electrons. The lowest BCUT2D eigenvalue weighted by molar-refractivity contribution is 1.30. The molecule has 2 nitrogen and oxygen atoms in total. The van der Waals surface area contributed by atoms with Crippen molar-refractivity contribution >= 4 is 122 Å². The maximum atomic E-state index is 4.96. The highest BCUT2D eigenvalue weighted by atomic mass is 32.1. The average molecular weight is 615 g/mol. The van der Waals surface area contributed by atoms with Crippen LogP contribution in [0.4, 0.5) is 17.1 Å². The molecule has 5 heteroatoms. The minimum atomic E-state index is 1.06. The summed E-state index contributed by atoms with van der Waals surface area (Å²) in [5.41, 5.74) is 4.50. The van der Waals surface area contributed by atoms with Crippen molar-refractivity contribution in [3.05, 3.63) is 134 Å². The molecular formula is C39H22N2S3. The SMILES string of the molecule is c1ccc2c(c1)ccc1c3nccc(N(c4ccc5sc6ccccc6c5c4)c4ccc5sc6ccccc6c5c4)c3sc21. The van der Waals surface area contributed by atoms with Crippen LogP contribution >= 0.6 is 34.0 Å². The number of anilines is 3. The van der Waals surface area contributed by atoms with Gasteiger partial charge in [-0.25, -0.2) is 0 Å². The Balaban J connectivity index is 1.29. The maximum Gasteiger partial charge on any atom is 0.0909 e. The van der Waals surface area contributed by atoms with Gasteiger partial charge in [0.25, 0.3) is 0 Å². The van der Waals surface area contributed by atoms with Gasteiger partial charge < -0.3 is 4.90 Å². The standard InChI is InChI=1S/C39H22N2S3/c1-2-8-26-23(7-1)13-16-29-37-39(44-38(26)29)32(19-20-40-37)41(24-14-17-35-30(21-24)27-9-3-5-11-33(27)42-35)25-15-18-36-31(22-25)28-10-4-6-12-34(28)43-36/h1-22H. The lowest BCUT2D eigenvalue weighted by Gasteiger charge is -2.26. The molecule has 0 bridgehead atoms. The number of nitrogens with zero attached hydrogens (tertiary/aromatic N) is 2. The Morgan fingerprint density at radius 3 is 1.70 bits per heavy atom. The highest BCUT2D eigenvalue weighted by Gasteiger charge is 2.21. The van der Waals surface area contributed by atoms with E-state index >= 15 is 0 Å².